The maximum atomic E-state index is 12.2. The molecule has 1 N–H and O–H groups in total. The number of nitrogens with one attached hydrogen (secondary N) is 1. The van der Waals surface area contributed by atoms with Crippen LogP contribution in [0.2, 0.25) is 0 Å². The van der Waals surface area contributed by atoms with E-state index < -0.39 is 0 Å². The van der Waals surface area contributed by atoms with Gasteiger partial charge in [-0.25, -0.2) is 9.97 Å². The lowest BCUT2D eigenvalue weighted by Crippen LogP contribution is -2.37. The van der Waals surface area contributed by atoms with E-state index in [-0.39, 0.29) is 5.91 Å². The van der Waals surface area contributed by atoms with Crippen molar-refractivity contribution < 1.29 is 9.53 Å². The van der Waals surface area contributed by atoms with Crippen LogP contribution in [0.25, 0.3) is 0 Å². The Morgan fingerprint density at radius 3 is 2.77 bits per heavy atom. The Morgan fingerprint density at radius 2 is 2.00 bits per heavy atom. The van der Waals surface area contributed by atoms with Crippen LogP contribution in [-0.2, 0) is 11.3 Å². The molecule has 0 radical (unpaired) electrons. The highest BCUT2D eigenvalue weighted by atomic mass is 16.5. The Kier molecular flexibility index (Phi) is 4.55. The van der Waals surface area contributed by atoms with Crippen LogP contribution >= 0.6 is 0 Å². The van der Waals surface area contributed by atoms with Crippen molar-refractivity contribution in [1.82, 2.24) is 20.3 Å². The fourth-order valence-electron chi connectivity index (χ4n) is 2.21. The first-order chi connectivity index (χ1) is 10.8. The van der Waals surface area contributed by atoms with Gasteiger partial charge in [-0.1, -0.05) is 0 Å². The molecule has 0 aromatic carbocycles. The van der Waals surface area contributed by atoms with Gasteiger partial charge in [0, 0.05) is 38.1 Å². The molecule has 1 aliphatic heterocycles. The smallest absolute Gasteiger partial charge is 0.270 e. The number of amides is 1. The molecule has 0 spiro atoms. The van der Waals surface area contributed by atoms with E-state index in [1.807, 2.05) is 12.1 Å². The summed E-state index contributed by atoms with van der Waals surface area (Å²) in [6.45, 7) is 3.34. The molecule has 22 heavy (non-hydrogen) atoms. The third-order valence-corrected chi connectivity index (χ3v) is 3.42. The number of carbonyl (C=O) groups is 1. The number of ether oxygens (including phenoxy) is 1. The predicted octanol–water partition coefficient (Wildman–Crippen LogP) is 0.638. The number of rotatable bonds is 4. The van der Waals surface area contributed by atoms with Gasteiger partial charge in [0.05, 0.1) is 13.2 Å². The summed E-state index contributed by atoms with van der Waals surface area (Å²) in [4.78, 5) is 26.5. The first-order valence-corrected chi connectivity index (χ1v) is 7.15. The van der Waals surface area contributed by atoms with Crippen LogP contribution in [0.15, 0.2) is 36.9 Å². The van der Waals surface area contributed by atoms with E-state index in [0.717, 1.165) is 24.5 Å². The van der Waals surface area contributed by atoms with Gasteiger partial charge in [-0.3, -0.25) is 9.78 Å². The average Bonchev–Trinajstić information content (AvgIpc) is 2.61. The van der Waals surface area contributed by atoms with Crippen LogP contribution in [0.3, 0.4) is 0 Å². The lowest BCUT2D eigenvalue weighted by molar-refractivity contribution is 0.0945. The quantitative estimate of drug-likeness (QED) is 0.892. The molecule has 3 rings (SSSR count). The summed E-state index contributed by atoms with van der Waals surface area (Å²) in [7, 11) is 0. The first-order valence-electron chi connectivity index (χ1n) is 7.15. The van der Waals surface area contributed by atoms with E-state index in [0.29, 0.717) is 25.5 Å². The maximum absolute atomic E-state index is 12.2. The van der Waals surface area contributed by atoms with Crippen molar-refractivity contribution in [2.24, 2.45) is 0 Å². The van der Waals surface area contributed by atoms with Crippen LogP contribution < -0.4 is 10.2 Å². The van der Waals surface area contributed by atoms with E-state index in [1.54, 1.807) is 18.5 Å². The molecule has 7 nitrogen and oxygen atoms in total. The third-order valence-electron chi connectivity index (χ3n) is 3.42. The fraction of sp³-hybridized carbons (Fsp3) is 0.333. The Balaban J connectivity index is 1.64. The molecule has 1 saturated heterocycles. The highest BCUT2D eigenvalue weighted by Gasteiger charge is 2.15. The predicted molar refractivity (Wildman–Crippen MR) is 80.5 cm³/mol. The van der Waals surface area contributed by atoms with Crippen molar-refractivity contribution in [3.63, 3.8) is 0 Å². The van der Waals surface area contributed by atoms with Crippen molar-refractivity contribution in [2.45, 2.75) is 6.54 Å². The van der Waals surface area contributed by atoms with E-state index in [1.165, 1.54) is 6.33 Å². The minimum atomic E-state index is -0.214. The summed E-state index contributed by atoms with van der Waals surface area (Å²) in [5.41, 5.74) is 1.36. The fourth-order valence-corrected chi connectivity index (χ4v) is 2.21. The van der Waals surface area contributed by atoms with Crippen molar-refractivity contribution in [3.8, 4) is 0 Å². The molecule has 0 bridgehead atoms. The largest absolute Gasteiger partial charge is 0.378 e. The van der Waals surface area contributed by atoms with Gasteiger partial charge < -0.3 is 15.0 Å². The van der Waals surface area contributed by atoms with Crippen LogP contribution in [-0.4, -0.2) is 47.2 Å². The molecule has 2 aromatic heterocycles. The summed E-state index contributed by atoms with van der Waals surface area (Å²) >= 11 is 0. The monoisotopic (exact) mass is 299 g/mol. The second kappa shape index (κ2) is 6.95. The molecular weight excluding hydrogens is 282 g/mol. The number of nitrogens with zero attached hydrogens (tertiary/aromatic N) is 4. The topological polar surface area (TPSA) is 80.2 Å². The van der Waals surface area contributed by atoms with Crippen molar-refractivity contribution in [2.75, 3.05) is 31.2 Å². The lowest BCUT2D eigenvalue weighted by Gasteiger charge is -2.27. The number of aromatic nitrogens is 3. The summed E-state index contributed by atoms with van der Waals surface area (Å²) in [5, 5.41) is 2.85. The zero-order valence-corrected chi connectivity index (χ0v) is 12.1. The summed E-state index contributed by atoms with van der Waals surface area (Å²) in [5.74, 6) is 0.543. The standard InChI is InChI=1S/C15H17N5O2/c21-15(17-10-12-1-3-16-4-2-12)13-9-14(19-11-18-13)20-5-7-22-8-6-20/h1-4,9,11H,5-8,10H2,(H,17,21). The van der Waals surface area contributed by atoms with Crippen molar-refractivity contribution >= 4 is 11.7 Å². The molecule has 7 heteroatoms. The minimum absolute atomic E-state index is 0.214. The number of morpholine rings is 1. The average molecular weight is 299 g/mol. The van der Waals surface area contributed by atoms with Gasteiger partial charge in [-0.2, -0.15) is 0 Å². The normalized spacial score (nSPS) is 14.6. The van der Waals surface area contributed by atoms with Gasteiger partial charge in [-0.15, -0.1) is 0 Å². The molecule has 1 fully saturated rings. The summed E-state index contributed by atoms with van der Waals surface area (Å²) < 4.78 is 5.32. The molecular formula is C15H17N5O2. The molecule has 0 saturated carbocycles. The van der Waals surface area contributed by atoms with Gasteiger partial charge in [-0.05, 0) is 17.7 Å². The number of pyridine rings is 1. The molecule has 1 aliphatic rings. The van der Waals surface area contributed by atoms with Gasteiger partial charge in [0.25, 0.3) is 5.91 Å². The lowest BCUT2D eigenvalue weighted by atomic mass is 10.2. The van der Waals surface area contributed by atoms with E-state index >= 15 is 0 Å². The second-order valence-electron chi connectivity index (χ2n) is 4.90. The zero-order valence-electron chi connectivity index (χ0n) is 12.1. The molecule has 0 unspecified atom stereocenters. The molecule has 114 valence electrons. The van der Waals surface area contributed by atoms with Gasteiger partial charge >= 0.3 is 0 Å². The molecule has 3 heterocycles. The van der Waals surface area contributed by atoms with Gasteiger partial charge in [0.2, 0.25) is 0 Å². The van der Waals surface area contributed by atoms with Crippen LogP contribution in [0.5, 0.6) is 0 Å². The molecule has 2 aromatic rings. The molecule has 0 atom stereocenters. The van der Waals surface area contributed by atoms with E-state index in [2.05, 4.69) is 25.2 Å². The number of hydrogen-bond acceptors (Lipinski definition) is 6. The SMILES string of the molecule is O=C(NCc1ccncc1)c1cc(N2CCOCC2)ncn1. The summed E-state index contributed by atoms with van der Waals surface area (Å²) in [6.07, 6.45) is 4.82. The van der Waals surface area contributed by atoms with Crippen LogP contribution in [0, 0.1) is 0 Å². The minimum Gasteiger partial charge on any atom is -0.378 e. The Morgan fingerprint density at radius 1 is 1.23 bits per heavy atom. The highest BCUT2D eigenvalue weighted by molar-refractivity contribution is 5.92. The third kappa shape index (κ3) is 3.56. The van der Waals surface area contributed by atoms with Crippen molar-refractivity contribution in [1.29, 1.82) is 0 Å². The number of anilines is 1. The van der Waals surface area contributed by atoms with Gasteiger partial charge in [0.15, 0.2) is 0 Å². The Labute approximate surface area is 128 Å². The zero-order chi connectivity index (χ0) is 15.2. The summed E-state index contributed by atoms with van der Waals surface area (Å²) in [6, 6.07) is 5.44. The first kappa shape index (κ1) is 14.4. The van der Waals surface area contributed by atoms with E-state index in [4.69, 9.17) is 4.74 Å². The Hall–Kier alpha value is -2.54. The van der Waals surface area contributed by atoms with Crippen molar-refractivity contribution in [3.05, 3.63) is 48.2 Å². The second-order valence-corrected chi connectivity index (χ2v) is 4.90. The maximum Gasteiger partial charge on any atom is 0.270 e. The van der Waals surface area contributed by atoms with Crippen LogP contribution in [0.1, 0.15) is 16.1 Å². The van der Waals surface area contributed by atoms with E-state index in [9.17, 15) is 4.79 Å². The van der Waals surface area contributed by atoms with Gasteiger partial charge in [0.1, 0.15) is 17.8 Å². The van der Waals surface area contributed by atoms with Crippen LogP contribution in [0.4, 0.5) is 5.82 Å². The molecule has 0 aliphatic carbocycles. The highest BCUT2D eigenvalue weighted by Crippen LogP contribution is 2.12. The number of carbonyl (C=O) groups excluding carboxylic acids is 1. The Bertz CT molecular complexity index is 629. The number of hydrogen-bond donors (Lipinski definition) is 1. The molecule has 1 amide bonds.